The molecule has 0 bridgehead atoms. The number of nitrogen functional groups attached to an aromatic ring is 1. The Morgan fingerprint density at radius 1 is 0.511 bits per heavy atom. The maximum atomic E-state index is 9.52. The van der Waals surface area contributed by atoms with E-state index in [-0.39, 0.29) is 11.7 Å². The van der Waals surface area contributed by atoms with E-state index in [1.807, 2.05) is 67.7 Å². The van der Waals surface area contributed by atoms with Crippen LogP contribution in [0.5, 0.6) is 5.75 Å². The lowest BCUT2D eigenvalue weighted by Gasteiger charge is -2.20. The van der Waals surface area contributed by atoms with Crippen LogP contribution in [0.1, 0.15) is 28.2 Å². The number of nitrogens with one attached hydrogen (secondary N) is 3. The van der Waals surface area contributed by atoms with Crippen molar-refractivity contribution in [3.8, 4) is 5.75 Å². The first kappa shape index (κ1) is 31.1. The molecule has 0 fully saturated rings. The van der Waals surface area contributed by atoms with E-state index in [4.69, 9.17) is 5.73 Å². The third-order valence-electron chi connectivity index (χ3n) is 7.41. The molecule has 0 aliphatic rings. The van der Waals surface area contributed by atoms with Crippen LogP contribution in [0.25, 0.3) is 0 Å². The third kappa shape index (κ3) is 8.85. The van der Waals surface area contributed by atoms with Gasteiger partial charge in [0, 0.05) is 52.0 Å². The molecule has 1 unspecified atom stereocenters. The minimum atomic E-state index is 0.117. The molecule has 226 valence electrons. The summed E-state index contributed by atoms with van der Waals surface area (Å²) in [5, 5.41) is 19.4. The van der Waals surface area contributed by atoms with Crippen molar-refractivity contribution in [2.75, 3.05) is 28.7 Å². The molecule has 6 aromatic rings. The van der Waals surface area contributed by atoms with Gasteiger partial charge in [0.1, 0.15) is 5.75 Å². The van der Waals surface area contributed by atoms with Gasteiger partial charge in [-0.1, -0.05) is 54.1 Å². The van der Waals surface area contributed by atoms with Crippen molar-refractivity contribution in [2.24, 2.45) is 0 Å². The van der Waals surface area contributed by atoms with E-state index in [2.05, 4.69) is 108 Å². The molecular formula is C39H38N4OS. The Morgan fingerprint density at radius 2 is 0.867 bits per heavy atom. The molecule has 0 saturated carbocycles. The standard InChI is InChI=1S/C32H28N2OS.C7H10N2/c1-22-2-4-23(5-3-22)32(24-6-10-26(11-7-24)33-28-14-18-30(35)19-15-28)25-8-12-27(13-9-25)34-29-16-20-31(36)21-17-29;1-9-7-4-2-6(8)3-5-7/h2-21,32-36H,1H3;2-5,9H,8H2,1H3. The molecule has 0 aliphatic carbocycles. The van der Waals surface area contributed by atoms with Crippen LogP contribution in [-0.4, -0.2) is 12.2 Å². The summed E-state index contributed by atoms with van der Waals surface area (Å²) < 4.78 is 0. The minimum absolute atomic E-state index is 0.117. The zero-order valence-corrected chi connectivity index (χ0v) is 26.3. The first-order valence-electron chi connectivity index (χ1n) is 14.8. The third-order valence-corrected chi connectivity index (χ3v) is 7.71. The number of rotatable bonds is 8. The summed E-state index contributed by atoms with van der Waals surface area (Å²) in [4.78, 5) is 0.945. The summed E-state index contributed by atoms with van der Waals surface area (Å²) >= 11 is 4.36. The molecule has 0 spiro atoms. The van der Waals surface area contributed by atoms with Crippen LogP contribution in [0, 0.1) is 6.92 Å². The van der Waals surface area contributed by atoms with E-state index in [9.17, 15) is 5.11 Å². The van der Waals surface area contributed by atoms with Crippen LogP contribution in [0.2, 0.25) is 0 Å². The topological polar surface area (TPSA) is 82.3 Å². The Bertz CT molecular complexity index is 1680. The van der Waals surface area contributed by atoms with Crippen LogP contribution in [0.15, 0.2) is 150 Å². The Labute approximate surface area is 271 Å². The fourth-order valence-corrected chi connectivity index (χ4v) is 5.08. The van der Waals surface area contributed by atoms with Crippen LogP contribution < -0.4 is 21.7 Å². The van der Waals surface area contributed by atoms with E-state index >= 15 is 0 Å². The molecule has 0 aliphatic heterocycles. The predicted octanol–water partition coefficient (Wildman–Crippen LogP) is 9.97. The fourth-order valence-electron chi connectivity index (χ4n) is 4.93. The molecule has 45 heavy (non-hydrogen) atoms. The molecule has 0 amide bonds. The number of nitrogens with two attached hydrogens (primary N) is 1. The number of aromatic hydroxyl groups is 1. The summed E-state index contributed by atoms with van der Waals surface area (Å²) in [6.07, 6.45) is 0. The highest BCUT2D eigenvalue weighted by atomic mass is 32.1. The lowest BCUT2D eigenvalue weighted by Crippen LogP contribution is -2.04. The number of thiol groups is 1. The van der Waals surface area contributed by atoms with Crippen molar-refractivity contribution in [3.63, 3.8) is 0 Å². The Morgan fingerprint density at radius 3 is 1.29 bits per heavy atom. The second kappa shape index (κ2) is 14.9. The van der Waals surface area contributed by atoms with Gasteiger partial charge in [0.25, 0.3) is 0 Å². The van der Waals surface area contributed by atoms with Crippen LogP contribution in [0.3, 0.4) is 0 Å². The van der Waals surface area contributed by atoms with Crippen LogP contribution >= 0.6 is 12.6 Å². The largest absolute Gasteiger partial charge is 0.508 e. The van der Waals surface area contributed by atoms with Crippen molar-refractivity contribution in [2.45, 2.75) is 17.7 Å². The average Bonchev–Trinajstić information content (AvgIpc) is 3.06. The van der Waals surface area contributed by atoms with Gasteiger partial charge < -0.3 is 26.8 Å². The first-order valence-corrected chi connectivity index (χ1v) is 15.2. The second-order valence-electron chi connectivity index (χ2n) is 10.8. The van der Waals surface area contributed by atoms with Gasteiger partial charge in [0.2, 0.25) is 0 Å². The molecule has 0 saturated heterocycles. The van der Waals surface area contributed by atoms with Crippen molar-refractivity contribution < 1.29 is 5.11 Å². The SMILES string of the molecule is CNc1ccc(N)cc1.Cc1ccc(C(c2ccc(Nc3ccc(O)cc3)cc2)c2ccc(Nc3ccc(S)cc3)cc2)cc1. The number of phenolic OH excluding ortho intramolecular Hbond substituents is 1. The molecule has 6 rings (SSSR count). The van der Waals surface area contributed by atoms with Gasteiger partial charge in [-0.2, -0.15) is 0 Å². The second-order valence-corrected chi connectivity index (χ2v) is 11.3. The highest BCUT2D eigenvalue weighted by Crippen LogP contribution is 2.34. The number of hydrogen-bond donors (Lipinski definition) is 6. The summed E-state index contributed by atoms with van der Waals surface area (Å²) in [5.41, 5.74) is 16.3. The maximum Gasteiger partial charge on any atom is 0.115 e. The Hall–Kier alpha value is -5.33. The molecule has 0 aromatic heterocycles. The van der Waals surface area contributed by atoms with E-state index < -0.39 is 0 Å². The highest BCUT2D eigenvalue weighted by molar-refractivity contribution is 7.80. The summed E-state index contributed by atoms with van der Waals surface area (Å²) in [6, 6.07) is 48.7. The van der Waals surface area contributed by atoms with E-state index in [0.29, 0.717) is 0 Å². The number of aryl methyl sites for hydroxylation is 1. The molecule has 5 nitrogen and oxygen atoms in total. The number of phenols is 1. The maximum absolute atomic E-state index is 9.52. The number of anilines is 6. The normalized spacial score (nSPS) is 11.1. The predicted molar refractivity (Wildman–Crippen MR) is 194 cm³/mol. The number of benzene rings is 6. The fraction of sp³-hybridized carbons (Fsp3) is 0.0769. The molecule has 0 radical (unpaired) electrons. The van der Waals surface area contributed by atoms with Gasteiger partial charge >= 0.3 is 0 Å². The van der Waals surface area contributed by atoms with Crippen molar-refractivity contribution in [1.29, 1.82) is 0 Å². The number of hydrogen-bond acceptors (Lipinski definition) is 6. The lowest BCUT2D eigenvalue weighted by molar-refractivity contribution is 0.475. The monoisotopic (exact) mass is 610 g/mol. The Kier molecular flexibility index (Phi) is 10.3. The van der Waals surface area contributed by atoms with Crippen LogP contribution in [0.4, 0.5) is 34.1 Å². The van der Waals surface area contributed by atoms with Gasteiger partial charge in [-0.25, -0.2) is 0 Å². The first-order chi connectivity index (χ1) is 21.9. The van der Waals surface area contributed by atoms with Crippen molar-refractivity contribution in [1.82, 2.24) is 0 Å². The summed E-state index contributed by atoms with van der Waals surface area (Å²) in [5.74, 6) is 0.375. The van der Waals surface area contributed by atoms with Gasteiger partial charge in [0.05, 0.1) is 0 Å². The zero-order valence-electron chi connectivity index (χ0n) is 25.4. The van der Waals surface area contributed by atoms with Gasteiger partial charge in [-0.15, -0.1) is 12.6 Å². The zero-order chi connectivity index (χ0) is 31.6. The van der Waals surface area contributed by atoms with Crippen molar-refractivity contribution in [3.05, 3.63) is 168 Å². The minimum Gasteiger partial charge on any atom is -0.508 e. The molecule has 6 heteroatoms. The average molecular weight is 611 g/mol. The van der Waals surface area contributed by atoms with Gasteiger partial charge in [-0.05, 0) is 121 Å². The molecule has 1 atom stereocenters. The molecule has 6 aromatic carbocycles. The van der Waals surface area contributed by atoms with E-state index in [1.54, 1.807) is 12.1 Å². The summed E-state index contributed by atoms with van der Waals surface area (Å²) in [6.45, 7) is 2.11. The Balaban J connectivity index is 0.000000383. The quantitative estimate of drug-likeness (QED) is 0.0447. The molecular weight excluding hydrogens is 573 g/mol. The highest BCUT2D eigenvalue weighted by Gasteiger charge is 2.17. The van der Waals surface area contributed by atoms with Crippen molar-refractivity contribution >= 4 is 46.8 Å². The molecule has 0 heterocycles. The molecule has 6 N–H and O–H groups in total. The van der Waals surface area contributed by atoms with E-state index in [1.165, 1.54) is 22.3 Å². The van der Waals surface area contributed by atoms with Gasteiger partial charge in [0.15, 0.2) is 0 Å². The lowest BCUT2D eigenvalue weighted by atomic mass is 9.84. The van der Waals surface area contributed by atoms with Gasteiger partial charge in [-0.3, -0.25) is 0 Å². The smallest absolute Gasteiger partial charge is 0.115 e. The van der Waals surface area contributed by atoms with E-state index in [0.717, 1.165) is 39.0 Å². The van der Waals surface area contributed by atoms with Crippen LogP contribution in [-0.2, 0) is 0 Å². The summed E-state index contributed by atoms with van der Waals surface area (Å²) in [7, 11) is 1.88.